The van der Waals surface area contributed by atoms with Gasteiger partial charge in [0.05, 0.1) is 17.0 Å². The lowest BCUT2D eigenvalue weighted by atomic mass is 10.0. The highest BCUT2D eigenvalue weighted by atomic mass is 32.2. The number of carbonyl (C=O) groups is 1. The summed E-state index contributed by atoms with van der Waals surface area (Å²) < 4.78 is 63.7. The van der Waals surface area contributed by atoms with E-state index in [2.05, 4.69) is 5.32 Å². The molecule has 0 saturated heterocycles. The predicted octanol–water partition coefficient (Wildman–Crippen LogP) is 4.06. The average Bonchev–Trinajstić information content (AvgIpc) is 2.66. The summed E-state index contributed by atoms with van der Waals surface area (Å²) in [6, 6.07) is 8.92. The number of rotatable bonds is 4. The summed E-state index contributed by atoms with van der Waals surface area (Å²) in [6.07, 6.45) is -3.14. The first-order chi connectivity index (χ1) is 13.1. The Morgan fingerprint density at radius 3 is 2.43 bits per heavy atom. The van der Waals surface area contributed by atoms with Crippen LogP contribution in [-0.4, -0.2) is 26.6 Å². The van der Waals surface area contributed by atoms with Crippen molar-refractivity contribution >= 4 is 27.3 Å². The van der Waals surface area contributed by atoms with Crippen molar-refractivity contribution in [2.45, 2.75) is 25.9 Å². The smallest absolute Gasteiger partial charge is 0.322 e. The van der Waals surface area contributed by atoms with Crippen LogP contribution >= 0.6 is 0 Å². The van der Waals surface area contributed by atoms with Crippen molar-refractivity contribution in [3.8, 4) is 0 Å². The van der Waals surface area contributed by atoms with E-state index >= 15 is 0 Å². The van der Waals surface area contributed by atoms with Crippen LogP contribution in [0.5, 0.6) is 0 Å². The molecule has 9 heteroatoms. The maximum absolute atomic E-state index is 12.6. The van der Waals surface area contributed by atoms with Crippen molar-refractivity contribution in [2.75, 3.05) is 21.9 Å². The molecule has 0 fully saturated rings. The molecule has 2 aromatic carbocycles. The topological polar surface area (TPSA) is 66.5 Å². The summed E-state index contributed by atoms with van der Waals surface area (Å²) in [6.45, 7) is 1.98. The van der Waals surface area contributed by atoms with Crippen molar-refractivity contribution in [3.63, 3.8) is 0 Å². The van der Waals surface area contributed by atoms with Crippen molar-refractivity contribution < 1.29 is 26.4 Å². The average molecular weight is 412 g/mol. The van der Waals surface area contributed by atoms with E-state index in [9.17, 15) is 26.4 Å². The van der Waals surface area contributed by atoms with Crippen molar-refractivity contribution in [1.82, 2.24) is 0 Å². The normalized spacial score (nSPS) is 14.5. The second kappa shape index (κ2) is 7.46. The molecule has 1 amide bonds. The Morgan fingerprint density at radius 2 is 1.82 bits per heavy atom. The van der Waals surface area contributed by atoms with Gasteiger partial charge < -0.3 is 5.32 Å². The van der Waals surface area contributed by atoms with E-state index < -0.39 is 27.7 Å². The quantitative estimate of drug-likeness (QED) is 0.824. The molecule has 0 saturated carbocycles. The number of carbonyl (C=O) groups excluding carboxylic acids is 1. The van der Waals surface area contributed by atoms with Crippen LogP contribution in [0.1, 0.15) is 34.8 Å². The van der Waals surface area contributed by atoms with Crippen LogP contribution in [0.3, 0.4) is 0 Å². The van der Waals surface area contributed by atoms with Gasteiger partial charge in [0.2, 0.25) is 10.0 Å². The van der Waals surface area contributed by atoms with Crippen LogP contribution in [0, 0.1) is 0 Å². The standard InChI is InChI=1S/C19H19F3N2O3S/c1-2-28(26,27)24-11-3-4-13-12-14(5-10-17(13)24)18(25)23-16-8-6-15(7-9-16)19(20,21)22/h5-10,12H,2-4,11H2,1H3,(H,23,25). The van der Waals surface area contributed by atoms with E-state index in [4.69, 9.17) is 0 Å². The van der Waals surface area contributed by atoms with Gasteiger partial charge in [0, 0.05) is 17.8 Å². The fourth-order valence-electron chi connectivity index (χ4n) is 3.09. The van der Waals surface area contributed by atoms with E-state index in [1.807, 2.05) is 0 Å². The molecular weight excluding hydrogens is 393 g/mol. The molecule has 0 unspecified atom stereocenters. The van der Waals surface area contributed by atoms with Crippen LogP contribution in [0.2, 0.25) is 0 Å². The van der Waals surface area contributed by atoms with Gasteiger partial charge in [-0.3, -0.25) is 9.10 Å². The number of halogens is 3. The first-order valence-electron chi connectivity index (χ1n) is 8.74. The first-order valence-corrected chi connectivity index (χ1v) is 10.3. The molecule has 5 nitrogen and oxygen atoms in total. The van der Waals surface area contributed by atoms with Gasteiger partial charge in [-0.2, -0.15) is 13.2 Å². The highest BCUT2D eigenvalue weighted by molar-refractivity contribution is 7.92. The minimum Gasteiger partial charge on any atom is -0.322 e. The zero-order valence-corrected chi connectivity index (χ0v) is 15.9. The Labute approximate surface area is 161 Å². The van der Waals surface area contributed by atoms with Gasteiger partial charge >= 0.3 is 6.18 Å². The van der Waals surface area contributed by atoms with Gasteiger partial charge in [-0.05, 0) is 67.8 Å². The van der Waals surface area contributed by atoms with Crippen LogP contribution in [0.4, 0.5) is 24.5 Å². The molecule has 1 aliphatic heterocycles. The van der Waals surface area contributed by atoms with E-state index in [0.717, 1.165) is 17.7 Å². The molecule has 28 heavy (non-hydrogen) atoms. The molecule has 0 bridgehead atoms. The summed E-state index contributed by atoms with van der Waals surface area (Å²) in [5.74, 6) is -0.485. The third-order valence-electron chi connectivity index (χ3n) is 4.59. The first kappa shape index (κ1) is 20.2. The summed E-state index contributed by atoms with van der Waals surface area (Å²) in [5.41, 5.74) is 1.08. The Balaban J connectivity index is 1.80. The molecule has 0 radical (unpaired) electrons. The van der Waals surface area contributed by atoms with E-state index in [-0.39, 0.29) is 11.4 Å². The van der Waals surface area contributed by atoms with Crippen LogP contribution in [-0.2, 0) is 22.6 Å². The number of benzene rings is 2. The largest absolute Gasteiger partial charge is 0.416 e. The third-order valence-corrected chi connectivity index (χ3v) is 6.37. The molecule has 1 N–H and O–H groups in total. The van der Waals surface area contributed by atoms with Crippen LogP contribution in [0.25, 0.3) is 0 Å². The number of fused-ring (bicyclic) bond motifs is 1. The predicted molar refractivity (Wildman–Crippen MR) is 101 cm³/mol. The van der Waals surface area contributed by atoms with Gasteiger partial charge in [-0.15, -0.1) is 0 Å². The van der Waals surface area contributed by atoms with Gasteiger partial charge in [0.15, 0.2) is 0 Å². The number of amides is 1. The van der Waals surface area contributed by atoms with Crippen LogP contribution < -0.4 is 9.62 Å². The highest BCUT2D eigenvalue weighted by Crippen LogP contribution is 2.31. The number of alkyl halides is 3. The Kier molecular flexibility index (Phi) is 5.38. The number of anilines is 2. The lowest BCUT2D eigenvalue weighted by molar-refractivity contribution is -0.137. The lowest BCUT2D eigenvalue weighted by Crippen LogP contribution is -2.36. The Bertz CT molecular complexity index is 986. The number of nitrogens with zero attached hydrogens (tertiary/aromatic N) is 1. The minimum atomic E-state index is -4.44. The molecule has 0 atom stereocenters. The maximum Gasteiger partial charge on any atom is 0.416 e. The summed E-state index contributed by atoms with van der Waals surface area (Å²) in [4.78, 5) is 12.5. The van der Waals surface area contributed by atoms with Crippen molar-refractivity contribution in [3.05, 3.63) is 59.2 Å². The van der Waals surface area contributed by atoms with Gasteiger partial charge in [-0.25, -0.2) is 8.42 Å². The van der Waals surface area contributed by atoms with Crippen LogP contribution in [0.15, 0.2) is 42.5 Å². The number of hydrogen-bond donors (Lipinski definition) is 1. The Morgan fingerprint density at radius 1 is 1.14 bits per heavy atom. The fraction of sp³-hybridized carbons (Fsp3) is 0.316. The number of sulfonamides is 1. The minimum absolute atomic E-state index is 0.0113. The van der Waals surface area contributed by atoms with Gasteiger partial charge in [0.1, 0.15) is 0 Å². The molecule has 150 valence electrons. The fourth-order valence-corrected chi connectivity index (χ4v) is 4.29. The van der Waals surface area contributed by atoms with E-state index in [0.29, 0.717) is 30.6 Å². The zero-order chi connectivity index (χ0) is 20.5. The SMILES string of the molecule is CCS(=O)(=O)N1CCCc2cc(C(=O)Nc3ccc(C(F)(F)F)cc3)ccc21. The zero-order valence-electron chi connectivity index (χ0n) is 15.1. The number of hydrogen-bond acceptors (Lipinski definition) is 3. The third kappa shape index (κ3) is 4.14. The molecule has 0 aromatic heterocycles. The molecule has 0 spiro atoms. The molecule has 0 aliphatic carbocycles. The van der Waals surface area contributed by atoms with E-state index in [1.165, 1.54) is 22.5 Å². The molecule has 1 heterocycles. The highest BCUT2D eigenvalue weighted by Gasteiger charge is 2.30. The molecule has 1 aliphatic rings. The van der Waals surface area contributed by atoms with Gasteiger partial charge in [0.25, 0.3) is 5.91 Å². The number of nitrogens with one attached hydrogen (secondary N) is 1. The maximum atomic E-state index is 12.6. The van der Waals surface area contributed by atoms with E-state index in [1.54, 1.807) is 19.1 Å². The molecule has 2 aromatic rings. The molecule has 3 rings (SSSR count). The lowest BCUT2D eigenvalue weighted by Gasteiger charge is -2.30. The van der Waals surface area contributed by atoms with Gasteiger partial charge in [-0.1, -0.05) is 0 Å². The van der Waals surface area contributed by atoms with Crippen molar-refractivity contribution in [2.24, 2.45) is 0 Å². The number of aryl methyl sites for hydroxylation is 1. The Hall–Kier alpha value is -2.55. The second-order valence-electron chi connectivity index (χ2n) is 6.45. The summed E-state index contributed by atoms with van der Waals surface area (Å²) in [5, 5.41) is 2.56. The van der Waals surface area contributed by atoms with Crippen molar-refractivity contribution in [1.29, 1.82) is 0 Å². The second-order valence-corrected chi connectivity index (χ2v) is 8.63. The molecular formula is C19H19F3N2O3S. The summed E-state index contributed by atoms with van der Waals surface area (Å²) in [7, 11) is -3.39. The summed E-state index contributed by atoms with van der Waals surface area (Å²) >= 11 is 0. The monoisotopic (exact) mass is 412 g/mol.